The van der Waals surface area contributed by atoms with Gasteiger partial charge >= 0.3 is 0 Å². The topological polar surface area (TPSA) is 77.0 Å². The van der Waals surface area contributed by atoms with Gasteiger partial charge in [0.15, 0.2) is 5.76 Å². The van der Waals surface area contributed by atoms with Crippen molar-refractivity contribution < 1.29 is 9.52 Å². The van der Waals surface area contributed by atoms with Gasteiger partial charge in [0.25, 0.3) is 0 Å². The van der Waals surface area contributed by atoms with Crippen LogP contribution in [0, 0.1) is 0 Å². The van der Waals surface area contributed by atoms with E-state index in [1.807, 2.05) is 0 Å². The van der Waals surface area contributed by atoms with Gasteiger partial charge in [-0.2, -0.15) is 4.80 Å². The number of aliphatic hydroxyl groups is 1. The van der Waals surface area contributed by atoms with Crippen LogP contribution >= 0.6 is 0 Å². The van der Waals surface area contributed by atoms with Crippen molar-refractivity contribution in [1.82, 2.24) is 20.2 Å². The highest BCUT2D eigenvalue weighted by atomic mass is 16.3. The van der Waals surface area contributed by atoms with Crippen molar-refractivity contribution in [3.8, 4) is 11.6 Å². The first kappa shape index (κ1) is 10.8. The first-order chi connectivity index (χ1) is 7.54. The van der Waals surface area contributed by atoms with Gasteiger partial charge in [-0.05, 0) is 37.6 Å². The quantitative estimate of drug-likeness (QED) is 0.838. The molecule has 86 valence electrons. The summed E-state index contributed by atoms with van der Waals surface area (Å²) in [6.07, 6.45) is 2.13. The number of furan rings is 1. The number of hydrogen-bond acceptors (Lipinski definition) is 5. The van der Waals surface area contributed by atoms with Gasteiger partial charge in [-0.1, -0.05) is 0 Å². The molecule has 2 aromatic rings. The molecule has 6 nitrogen and oxygen atoms in total. The Morgan fingerprint density at radius 1 is 1.50 bits per heavy atom. The van der Waals surface area contributed by atoms with Crippen molar-refractivity contribution in [2.75, 3.05) is 0 Å². The highest BCUT2D eigenvalue weighted by molar-refractivity contribution is 5.43. The fraction of sp³-hybridized carbons (Fsp3) is 0.500. The van der Waals surface area contributed by atoms with Gasteiger partial charge in [0.2, 0.25) is 5.82 Å². The zero-order valence-corrected chi connectivity index (χ0v) is 9.29. The van der Waals surface area contributed by atoms with Crippen molar-refractivity contribution in [2.24, 2.45) is 0 Å². The summed E-state index contributed by atoms with van der Waals surface area (Å²) in [5.41, 5.74) is -0.724. The van der Waals surface area contributed by atoms with Crippen LogP contribution in [-0.4, -0.2) is 30.9 Å². The second kappa shape index (κ2) is 4.05. The molecule has 0 spiro atoms. The Labute approximate surface area is 92.9 Å². The van der Waals surface area contributed by atoms with Gasteiger partial charge < -0.3 is 9.52 Å². The van der Waals surface area contributed by atoms with E-state index >= 15 is 0 Å². The van der Waals surface area contributed by atoms with Crippen molar-refractivity contribution in [2.45, 2.75) is 32.4 Å². The molecule has 16 heavy (non-hydrogen) atoms. The van der Waals surface area contributed by atoms with E-state index in [0.717, 1.165) is 0 Å². The number of nitrogens with zero attached hydrogens (tertiary/aromatic N) is 4. The van der Waals surface area contributed by atoms with Crippen molar-refractivity contribution in [3.63, 3.8) is 0 Å². The van der Waals surface area contributed by atoms with Gasteiger partial charge in [-0.25, -0.2) is 0 Å². The van der Waals surface area contributed by atoms with Crippen LogP contribution in [0.1, 0.15) is 20.3 Å². The summed E-state index contributed by atoms with van der Waals surface area (Å²) in [6, 6.07) is 3.55. The average Bonchev–Trinajstić information content (AvgIpc) is 2.84. The average molecular weight is 222 g/mol. The summed E-state index contributed by atoms with van der Waals surface area (Å²) in [4.78, 5) is 1.45. The van der Waals surface area contributed by atoms with Crippen molar-refractivity contribution in [3.05, 3.63) is 18.4 Å². The lowest BCUT2D eigenvalue weighted by Gasteiger charge is -2.15. The van der Waals surface area contributed by atoms with E-state index in [1.54, 1.807) is 32.2 Å². The van der Waals surface area contributed by atoms with E-state index in [0.29, 0.717) is 24.6 Å². The Morgan fingerprint density at radius 2 is 2.31 bits per heavy atom. The molecule has 0 atom stereocenters. The van der Waals surface area contributed by atoms with Gasteiger partial charge in [0.1, 0.15) is 0 Å². The Kier molecular flexibility index (Phi) is 2.74. The van der Waals surface area contributed by atoms with Crippen molar-refractivity contribution >= 4 is 0 Å². The molecular weight excluding hydrogens is 208 g/mol. The Balaban J connectivity index is 2.03. The molecule has 0 saturated carbocycles. The molecule has 0 amide bonds. The summed E-state index contributed by atoms with van der Waals surface area (Å²) in [7, 11) is 0. The Morgan fingerprint density at radius 3 is 2.94 bits per heavy atom. The number of hydrogen-bond donors (Lipinski definition) is 1. The third kappa shape index (κ3) is 2.66. The van der Waals surface area contributed by atoms with E-state index in [9.17, 15) is 5.11 Å². The molecule has 0 aromatic carbocycles. The van der Waals surface area contributed by atoms with Crippen LogP contribution in [0.15, 0.2) is 22.8 Å². The normalized spacial score (nSPS) is 11.9. The Bertz CT molecular complexity index is 442. The van der Waals surface area contributed by atoms with E-state index in [4.69, 9.17) is 4.42 Å². The predicted molar refractivity (Wildman–Crippen MR) is 56.4 cm³/mol. The molecule has 0 bridgehead atoms. The van der Waals surface area contributed by atoms with Crippen LogP contribution in [0.25, 0.3) is 11.6 Å². The molecule has 0 radical (unpaired) electrons. The summed E-state index contributed by atoms with van der Waals surface area (Å²) in [6.45, 7) is 4.02. The molecule has 1 N–H and O–H groups in total. The molecule has 2 heterocycles. The molecule has 0 aliphatic heterocycles. The van der Waals surface area contributed by atoms with E-state index in [1.165, 1.54) is 4.80 Å². The number of aromatic nitrogens is 4. The number of tetrazole rings is 1. The predicted octanol–water partition coefficient (Wildman–Crippen LogP) is 1.09. The lowest BCUT2D eigenvalue weighted by molar-refractivity contribution is 0.0635. The highest BCUT2D eigenvalue weighted by Crippen LogP contribution is 2.13. The van der Waals surface area contributed by atoms with Crippen LogP contribution in [0.4, 0.5) is 0 Å². The van der Waals surface area contributed by atoms with Gasteiger partial charge in [0, 0.05) is 0 Å². The van der Waals surface area contributed by atoms with Crippen LogP contribution in [0.2, 0.25) is 0 Å². The van der Waals surface area contributed by atoms with E-state index in [-0.39, 0.29) is 0 Å². The summed E-state index contributed by atoms with van der Waals surface area (Å²) < 4.78 is 5.15. The molecule has 6 heteroatoms. The molecule has 0 aliphatic rings. The smallest absolute Gasteiger partial charge is 0.240 e. The minimum absolute atomic E-state index is 0.459. The molecule has 0 fully saturated rings. The summed E-state index contributed by atoms with van der Waals surface area (Å²) in [5, 5.41) is 21.5. The second-order valence-electron chi connectivity index (χ2n) is 4.25. The number of aryl methyl sites for hydroxylation is 1. The zero-order chi connectivity index (χ0) is 11.6. The lowest BCUT2D eigenvalue weighted by Crippen LogP contribution is -2.21. The van der Waals surface area contributed by atoms with E-state index < -0.39 is 5.60 Å². The Hall–Kier alpha value is -1.69. The molecule has 2 rings (SSSR count). The first-order valence-electron chi connectivity index (χ1n) is 5.09. The van der Waals surface area contributed by atoms with Crippen LogP contribution in [-0.2, 0) is 6.54 Å². The van der Waals surface area contributed by atoms with Crippen LogP contribution in [0.5, 0.6) is 0 Å². The maximum absolute atomic E-state index is 9.56. The molecule has 2 aromatic heterocycles. The molecule has 0 aliphatic carbocycles. The zero-order valence-electron chi connectivity index (χ0n) is 9.29. The van der Waals surface area contributed by atoms with Crippen LogP contribution in [0.3, 0.4) is 0 Å². The standard InChI is InChI=1S/C10H14N4O2/c1-10(2,15)5-6-14-12-9(11-13-14)8-4-3-7-16-8/h3-4,7,15H,5-6H2,1-2H3. The van der Waals surface area contributed by atoms with Gasteiger partial charge in [-0.15, -0.1) is 10.2 Å². The minimum atomic E-state index is -0.724. The van der Waals surface area contributed by atoms with Crippen molar-refractivity contribution in [1.29, 1.82) is 0 Å². The SMILES string of the molecule is CC(C)(O)CCn1nnc(-c2ccco2)n1. The fourth-order valence-electron chi connectivity index (χ4n) is 1.22. The lowest BCUT2D eigenvalue weighted by atomic mass is 10.1. The van der Waals surface area contributed by atoms with Gasteiger partial charge in [-0.3, -0.25) is 0 Å². The molecular formula is C10H14N4O2. The molecule has 0 saturated heterocycles. The maximum atomic E-state index is 9.56. The third-order valence-electron chi connectivity index (χ3n) is 2.12. The highest BCUT2D eigenvalue weighted by Gasteiger charge is 2.14. The summed E-state index contributed by atoms with van der Waals surface area (Å²) in [5.74, 6) is 1.05. The number of rotatable bonds is 4. The largest absolute Gasteiger partial charge is 0.461 e. The van der Waals surface area contributed by atoms with Crippen LogP contribution < -0.4 is 0 Å². The first-order valence-corrected chi connectivity index (χ1v) is 5.09. The second-order valence-corrected chi connectivity index (χ2v) is 4.25. The summed E-state index contributed by atoms with van der Waals surface area (Å²) >= 11 is 0. The maximum Gasteiger partial charge on any atom is 0.240 e. The monoisotopic (exact) mass is 222 g/mol. The minimum Gasteiger partial charge on any atom is -0.461 e. The van der Waals surface area contributed by atoms with Gasteiger partial charge in [0.05, 0.1) is 18.4 Å². The third-order valence-corrected chi connectivity index (χ3v) is 2.12. The molecule has 0 unspecified atom stereocenters. The van der Waals surface area contributed by atoms with E-state index in [2.05, 4.69) is 15.4 Å². The fourth-order valence-corrected chi connectivity index (χ4v) is 1.22.